The molecule has 0 N–H and O–H groups in total. The molecule has 0 spiro atoms. The van der Waals surface area contributed by atoms with E-state index in [0.717, 1.165) is 25.9 Å². The molecule has 1 atom stereocenters. The Hall–Kier alpha value is -0.900. The first-order valence-corrected chi connectivity index (χ1v) is 5.66. The fraction of sp³-hybridized carbons (Fsp3) is 0.818. The van der Waals surface area contributed by atoms with Crippen LogP contribution < -0.4 is 0 Å². The van der Waals surface area contributed by atoms with Crippen LogP contribution in [0.3, 0.4) is 0 Å². The second-order valence-electron chi connectivity index (χ2n) is 4.61. The van der Waals surface area contributed by atoms with E-state index < -0.39 is 0 Å². The molecule has 2 rings (SSSR count). The van der Waals surface area contributed by atoms with Crippen LogP contribution in [-0.2, 0) is 9.59 Å². The summed E-state index contributed by atoms with van der Waals surface area (Å²) >= 11 is 0. The van der Waals surface area contributed by atoms with E-state index >= 15 is 0 Å². The number of rotatable bonds is 1. The Labute approximate surface area is 90.2 Å². The van der Waals surface area contributed by atoms with Crippen molar-refractivity contribution in [2.45, 2.75) is 31.7 Å². The predicted molar refractivity (Wildman–Crippen MR) is 56.5 cm³/mol. The van der Waals surface area contributed by atoms with Crippen molar-refractivity contribution in [1.29, 1.82) is 0 Å². The topological polar surface area (TPSA) is 40.6 Å². The van der Waals surface area contributed by atoms with Gasteiger partial charge in [0.1, 0.15) is 5.78 Å². The summed E-state index contributed by atoms with van der Waals surface area (Å²) in [5.74, 6) is 0.131. The number of amides is 1. The Morgan fingerprint density at radius 1 is 1.27 bits per heavy atom. The standard InChI is InChI=1S/C11H18N2O2/c1-12-5-2-3-9(8-12)13-6-4-10(14)7-11(13)15/h9H,2-8H2,1H3. The van der Waals surface area contributed by atoms with Crippen LogP contribution in [0.2, 0.25) is 0 Å². The van der Waals surface area contributed by atoms with E-state index in [0.29, 0.717) is 19.0 Å². The summed E-state index contributed by atoms with van der Waals surface area (Å²) in [6.45, 7) is 2.72. The van der Waals surface area contributed by atoms with Crippen molar-refractivity contribution < 1.29 is 9.59 Å². The molecule has 0 saturated carbocycles. The van der Waals surface area contributed by atoms with E-state index in [2.05, 4.69) is 11.9 Å². The van der Waals surface area contributed by atoms with Crippen LogP contribution in [0.25, 0.3) is 0 Å². The van der Waals surface area contributed by atoms with Crippen LogP contribution in [0.4, 0.5) is 0 Å². The van der Waals surface area contributed by atoms with Gasteiger partial charge in [-0.1, -0.05) is 0 Å². The largest absolute Gasteiger partial charge is 0.338 e. The average molecular weight is 210 g/mol. The molecule has 0 aromatic heterocycles. The van der Waals surface area contributed by atoms with Gasteiger partial charge in [-0.15, -0.1) is 0 Å². The fourth-order valence-electron chi connectivity index (χ4n) is 2.51. The number of nitrogens with zero attached hydrogens (tertiary/aromatic N) is 2. The van der Waals surface area contributed by atoms with Crippen LogP contribution in [0, 0.1) is 0 Å². The van der Waals surface area contributed by atoms with Crippen molar-refractivity contribution in [2.75, 3.05) is 26.7 Å². The molecule has 1 unspecified atom stereocenters. The molecule has 4 nitrogen and oxygen atoms in total. The van der Waals surface area contributed by atoms with Crippen LogP contribution in [0.1, 0.15) is 25.7 Å². The van der Waals surface area contributed by atoms with Gasteiger partial charge in [-0.05, 0) is 26.4 Å². The molecular weight excluding hydrogens is 192 g/mol. The lowest BCUT2D eigenvalue weighted by Gasteiger charge is -2.39. The third-order valence-corrected chi connectivity index (χ3v) is 3.34. The SMILES string of the molecule is CN1CCCC(N2CCC(=O)CC2=O)C1. The second-order valence-corrected chi connectivity index (χ2v) is 4.61. The summed E-state index contributed by atoms with van der Waals surface area (Å²) in [5, 5.41) is 0. The molecule has 1 amide bonds. The second kappa shape index (κ2) is 4.31. The maximum Gasteiger partial charge on any atom is 0.230 e. The molecule has 0 aromatic rings. The van der Waals surface area contributed by atoms with Crippen LogP contribution in [0.15, 0.2) is 0 Å². The molecule has 0 aliphatic carbocycles. The van der Waals surface area contributed by atoms with E-state index in [9.17, 15) is 9.59 Å². The number of hydrogen-bond acceptors (Lipinski definition) is 3. The Bertz CT molecular complexity index is 278. The summed E-state index contributed by atoms with van der Waals surface area (Å²) in [6, 6.07) is 0.337. The number of likely N-dealkylation sites (tertiary alicyclic amines) is 2. The summed E-state index contributed by atoms with van der Waals surface area (Å²) in [6.07, 6.45) is 2.91. The van der Waals surface area contributed by atoms with Crippen LogP contribution in [-0.4, -0.2) is 54.2 Å². The molecule has 84 valence electrons. The first-order valence-electron chi connectivity index (χ1n) is 5.66. The number of likely N-dealkylation sites (N-methyl/N-ethyl adjacent to an activating group) is 1. The van der Waals surface area contributed by atoms with Crippen molar-refractivity contribution in [3.8, 4) is 0 Å². The number of ketones is 1. The zero-order valence-electron chi connectivity index (χ0n) is 9.24. The van der Waals surface area contributed by atoms with Crippen LogP contribution >= 0.6 is 0 Å². The fourth-order valence-corrected chi connectivity index (χ4v) is 2.51. The highest BCUT2D eigenvalue weighted by Gasteiger charge is 2.31. The minimum Gasteiger partial charge on any atom is -0.338 e. The zero-order chi connectivity index (χ0) is 10.8. The average Bonchev–Trinajstić information content (AvgIpc) is 2.17. The molecule has 2 aliphatic rings. The normalized spacial score (nSPS) is 29.7. The molecule has 0 aromatic carbocycles. The van der Waals surface area contributed by atoms with E-state index in [1.54, 1.807) is 0 Å². The van der Waals surface area contributed by atoms with Gasteiger partial charge in [0, 0.05) is 25.6 Å². The first kappa shape index (κ1) is 10.6. The Kier molecular flexibility index (Phi) is 3.05. The summed E-state index contributed by atoms with van der Waals surface area (Å²) in [5.41, 5.74) is 0. The number of carbonyl (C=O) groups excluding carboxylic acids is 2. The Morgan fingerprint density at radius 2 is 2.07 bits per heavy atom. The van der Waals surface area contributed by atoms with Gasteiger partial charge in [0.05, 0.1) is 6.42 Å². The van der Waals surface area contributed by atoms with E-state index in [1.165, 1.54) is 0 Å². The highest BCUT2D eigenvalue weighted by Crippen LogP contribution is 2.19. The number of carbonyl (C=O) groups is 2. The molecular formula is C11H18N2O2. The highest BCUT2D eigenvalue weighted by atomic mass is 16.2. The lowest BCUT2D eigenvalue weighted by Crippen LogP contribution is -2.52. The highest BCUT2D eigenvalue weighted by molar-refractivity contribution is 6.00. The number of Topliss-reactive ketones (excluding diaryl/α,β-unsaturated/α-hetero) is 1. The van der Waals surface area contributed by atoms with E-state index in [1.807, 2.05) is 4.90 Å². The molecule has 15 heavy (non-hydrogen) atoms. The monoisotopic (exact) mass is 210 g/mol. The molecule has 0 bridgehead atoms. The molecule has 0 radical (unpaired) electrons. The van der Waals surface area contributed by atoms with Gasteiger partial charge in [-0.2, -0.15) is 0 Å². The smallest absolute Gasteiger partial charge is 0.230 e. The van der Waals surface area contributed by atoms with Crippen molar-refractivity contribution >= 4 is 11.7 Å². The minimum atomic E-state index is 0.0338. The summed E-state index contributed by atoms with van der Waals surface area (Å²) in [7, 11) is 2.09. The van der Waals surface area contributed by atoms with Gasteiger partial charge in [0.2, 0.25) is 5.91 Å². The van der Waals surface area contributed by atoms with Gasteiger partial charge in [-0.25, -0.2) is 0 Å². The van der Waals surface area contributed by atoms with Crippen LogP contribution in [0.5, 0.6) is 0 Å². The third kappa shape index (κ3) is 2.37. The Balaban J connectivity index is 1.97. The maximum atomic E-state index is 11.7. The molecule has 4 heteroatoms. The number of piperidine rings is 2. The molecule has 2 fully saturated rings. The number of hydrogen-bond donors (Lipinski definition) is 0. The van der Waals surface area contributed by atoms with Gasteiger partial charge in [-0.3, -0.25) is 9.59 Å². The van der Waals surface area contributed by atoms with Crippen molar-refractivity contribution in [2.24, 2.45) is 0 Å². The van der Waals surface area contributed by atoms with Gasteiger partial charge in [0.15, 0.2) is 0 Å². The van der Waals surface area contributed by atoms with Gasteiger partial charge < -0.3 is 9.80 Å². The quantitative estimate of drug-likeness (QED) is 0.583. The minimum absolute atomic E-state index is 0.0338. The third-order valence-electron chi connectivity index (χ3n) is 3.34. The first-order chi connectivity index (χ1) is 7.16. The lowest BCUT2D eigenvalue weighted by molar-refractivity contribution is -0.142. The summed E-state index contributed by atoms with van der Waals surface area (Å²) in [4.78, 5) is 27.0. The molecule has 2 saturated heterocycles. The maximum absolute atomic E-state index is 11.7. The zero-order valence-corrected chi connectivity index (χ0v) is 9.24. The van der Waals surface area contributed by atoms with Gasteiger partial charge in [0.25, 0.3) is 0 Å². The van der Waals surface area contributed by atoms with Gasteiger partial charge >= 0.3 is 0 Å². The molecule has 2 aliphatic heterocycles. The van der Waals surface area contributed by atoms with Crippen molar-refractivity contribution in [3.05, 3.63) is 0 Å². The Morgan fingerprint density at radius 3 is 2.73 bits per heavy atom. The predicted octanol–water partition coefficient (Wildman–Crippen LogP) is 0.272. The van der Waals surface area contributed by atoms with Crippen molar-refractivity contribution in [3.63, 3.8) is 0 Å². The summed E-state index contributed by atoms with van der Waals surface area (Å²) < 4.78 is 0. The van der Waals surface area contributed by atoms with Crippen molar-refractivity contribution in [1.82, 2.24) is 9.80 Å². The lowest BCUT2D eigenvalue weighted by atomic mass is 10.0. The van der Waals surface area contributed by atoms with E-state index in [4.69, 9.17) is 0 Å². The van der Waals surface area contributed by atoms with E-state index in [-0.39, 0.29) is 18.1 Å². The molecule has 2 heterocycles.